The number of carboxylic acids is 2. The van der Waals surface area contributed by atoms with Crippen molar-refractivity contribution >= 4 is 11.9 Å². The Bertz CT molecular complexity index is 597. The average Bonchev–Trinajstić information content (AvgIpc) is 2.34. The SMILES string of the molecule is CCc1c(C(=O)[O-])c(C(F)F)nc(C(F)(F)F)c1C(=O)[O-]. The Morgan fingerprint density at radius 1 is 1.14 bits per heavy atom. The van der Waals surface area contributed by atoms with E-state index in [0.29, 0.717) is 0 Å². The number of pyridine rings is 1. The van der Waals surface area contributed by atoms with Gasteiger partial charge in [0.1, 0.15) is 5.69 Å². The molecule has 0 aliphatic rings. The van der Waals surface area contributed by atoms with Crippen molar-refractivity contribution in [3.05, 3.63) is 28.1 Å². The first-order valence-electron chi connectivity index (χ1n) is 5.37. The highest BCUT2D eigenvalue weighted by Gasteiger charge is 2.39. The van der Waals surface area contributed by atoms with Crippen LogP contribution in [0.1, 0.15) is 51.0 Å². The van der Waals surface area contributed by atoms with E-state index in [2.05, 4.69) is 4.98 Å². The maximum atomic E-state index is 12.7. The van der Waals surface area contributed by atoms with Crippen LogP contribution in [0.5, 0.6) is 0 Å². The summed E-state index contributed by atoms with van der Waals surface area (Å²) in [5.41, 5.74) is -7.72. The largest absolute Gasteiger partial charge is 0.545 e. The molecule has 5 nitrogen and oxygen atoms in total. The first kappa shape index (κ1) is 16.8. The quantitative estimate of drug-likeness (QED) is 0.747. The van der Waals surface area contributed by atoms with E-state index in [9.17, 15) is 41.8 Å². The fraction of sp³-hybridized carbons (Fsp3) is 0.364. The second-order valence-corrected chi connectivity index (χ2v) is 3.80. The Hall–Kier alpha value is -2.26. The molecule has 1 rings (SSSR count). The van der Waals surface area contributed by atoms with Gasteiger partial charge in [-0.25, -0.2) is 13.8 Å². The van der Waals surface area contributed by atoms with Crippen LogP contribution in [0, 0.1) is 0 Å². The summed E-state index contributed by atoms with van der Waals surface area (Å²) in [5, 5.41) is 21.7. The molecule has 116 valence electrons. The average molecular weight is 311 g/mol. The number of carbonyl (C=O) groups excluding carboxylic acids is 2. The number of hydrogen-bond acceptors (Lipinski definition) is 5. The van der Waals surface area contributed by atoms with Gasteiger partial charge in [0.05, 0.1) is 11.9 Å². The van der Waals surface area contributed by atoms with Crippen molar-refractivity contribution in [2.24, 2.45) is 0 Å². The topological polar surface area (TPSA) is 93.2 Å². The molecule has 1 aromatic rings. The monoisotopic (exact) mass is 311 g/mol. The molecule has 0 aromatic carbocycles. The van der Waals surface area contributed by atoms with Crippen LogP contribution in [0.2, 0.25) is 0 Å². The zero-order chi connectivity index (χ0) is 16.5. The zero-order valence-corrected chi connectivity index (χ0v) is 10.3. The number of rotatable bonds is 4. The Morgan fingerprint density at radius 2 is 1.62 bits per heavy atom. The predicted octanol–water partition coefficient (Wildman–Crippen LogP) is 0.327. The van der Waals surface area contributed by atoms with Crippen LogP contribution < -0.4 is 10.2 Å². The first-order valence-corrected chi connectivity index (χ1v) is 5.37. The third-order valence-electron chi connectivity index (χ3n) is 2.57. The summed E-state index contributed by atoms with van der Waals surface area (Å²) in [6, 6.07) is 0. The van der Waals surface area contributed by atoms with Crippen molar-refractivity contribution in [2.75, 3.05) is 0 Å². The van der Waals surface area contributed by atoms with Crippen LogP contribution in [0.25, 0.3) is 0 Å². The summed E-state index contributed by atoms with van der Waals surface area (Å²) in [6.45, 7) is 1.10. The van der Waals surface area contributed by atoms with Crippen molar-refractivity contribution in [1.29, 1.82) is 0 Å². The molecular formula is C11H6F5NO4-2. The van der Waals surface area contributed by atoms with Gasteiger partial charge in [0.25, 0.3) is 6.43 Å². The van der Waals surface area contributed by atoms with Crippen LogP contribution in [0.4, 0.5) is 22.0 Å². The molecule has 0 bridgehead atoms. The first-order chi connectivity index (χ1) is 9.52. The zero-order valence-electron chi connectivity index (χ0n) is 10.3. The summed E-state index contributed by atoms with van der Waals surface area (Å²) >= 11 is 0. The molecule has 1 heterocycles. The van der Waals surface area contributed by atoms with Crippen LogP contribution in [0.15, 0.2) is 0 Å². The lowest BCUT2D eigenvalue weighted by Gasteiger charge is -2.22. The van der Waals surface area contributed by atoms with Crippen molar-refractivity contribution in [3.63, 3.8) is 0 Å². The van der Waals surface area contributed by atoms with Crippen LogP contribution in [0.3, 0.4) is 0 Å². The minimum Gasteiger partial charge on any atom is -0.545 e. The van der Waals surface area contributed by atoms with Crippen molar-refractivity contribution in [2.45, 2.75) is 25.9 Å². The number of halogens is 5. The Morgan fingerprint density at radius 3 is 1.90 bits per heavy atom. The molecule has 0 N–H and O–H groups in total. The number of alkyl halides is 5. The third kappa shape index (κ3) is 3.09. The second kappa shape index (κ2) is 5.62. The molecule has 0 saturated heterocycles. The van der Waals surface area contributed by atoms with Gasteiger partial charge in [0.15, 0.2) is 5.69 Å². The van der Waals surface area contributed by atoms with Gasteiger partial charge in [0, 0.05) is 11.1 Å². The van der Waals surface area contributed by atoms with Crippen LogP contribution >= 0.6 is 0 Å². The third-order valence-corrected chi connectivity index (χ3v) is 2.57. The summed E-state index contributed by atoms with van der Waals surface area (Å²) in [7, 11) is 0. The van der Waals surface area contributed by atoms with Gasteiger partial charge in [-0.15, -0.1) is 0 Å². The van der Waals surface area contributed by atoms with Gasteiger partial charge in [-0.1, -0.05) is 6.92 Å². The smallest absolute Gasteiger partial charge is 0.434 e. The van der Waals surface area contributed by atoms with Gasteiger partial charge in [-0.2, -0.15) is 13.2 Å². The molecule has 0 aliphatic carbocycles. The standard InChI is InChI=1S/C11H8F5NO4/c1-2-3-4(9(18)19)6(8(12)13)17-7(11(14,15)16)5(3)10(20)21/h8H,2H2,1H3,(H,18,19)(H,20,21)/p-2. The highest BCUT2D eigenvalue weighted by atomic mass is 19.4. The summed E-state index contributed by atoms with van der Waals surface area (Å²) < 4.78 is 63.7. The molecular weight excluding hydrogens is 305 g/mol. The van der Waals surface area contributed by atoms with Gasteiger partial charge >= 0.3 is 6.18 Å². The molecule has 0 saturated carbocycles. The second-order valence-electron chi connectivity index (χ2n) is 3.80. The van der Waals surface area contributed by atoms with E-state index in [1.54, 1.807) is 0 Å². The normalized spacial score (nSPS) is 11.8. The Labute approximate surface area is 114 Å². The Kier molecular flexibility index (Phi) is 4.49. The summed E-state index contributed by atoms with van der Waals surface area (Å²) in [5.74, 6) is -4.61. The molecule has 1 aromatic heterocycles. The lowest BCUT2D eigenvalue weighted by molar-refractivity contribution is -0.256. The van der Waals surface area contributed by atoms with E-state index in [4.69, 9.17) is 0 Å². The lowest BCUT2D eigenvalue weighted by Crippen LogP contribution is -2.33. The maximum Gasteiger partial charge on any atom is 0.434 e. The minimum absolute atomic E-state index is 0.571. The van der Waals surface area contributed by atoms with Gasteiger partial charge in [-0.3, -0.25) is 0 Å². The van der Waals surface area contributed by atoms with Gasteiger partial charge < -0.3 is 19.8 Å². The molecule has 0 fully saturated rings. The fourth-order valence-electron chi connectivity index (χ4n) is 1.82. The summed E-state index contributed by atoms with van der Waals surface area (Å²) in [6.07, 6.45) is -9.59. The molecule has 0 aliphatic heterocycles. The van der Waals surface area contributed by atoms with Crippen molar-refractivity contribution in [1.82, 2.24) is 4.98 Å². The van der Waals surface area contributed by atoms with E-state index < -0.39 is 59.0 Å². The summed E-state index contributed by atoms with van der Waals surface area (Å²) in [4.78, 5) is 24.2. The molecule has 21 heavy (non-hydrogen) atoms. The highest BCUT2D eigenvalue weighted by Crippen LogP contribution is 2.36. The molecule has 0 spiro atoms. The fourth-order valence-corrected chi connectivity index (χ4v) is 1.82. The van der Waals surface area contributed by atoms with Gasteiger partial charge in [0.2, 0.25) is 0 Å². The number of carbonyl (C=O) groups is 2. The molecule has 10 heteroatoms. The van der Waals surface area contributed by atoms with E-state index in [-0.39, 0.29) is 0 Å². The van der Waals surface area contributed by atoms with Crippen molar-refractivity contribution < 1.29 is 41.8 Å². The van der Waals surface area contributed by atoms with Gasteiger partial charge in [-0.05, 0) is 12.0 Å². The van der Waals surface area contributed by atoms with E-state index in [0.717, 1.165) is 6.92 Å². The van der Waals surface area contributed by atoms with E-state index in [1.807, 2.05) is 0 Å². The van der Waals surface area contributed by atoms with Crippen LogP contribution in [-0.2, 0) is 12.6 Å². The maximum absolute atomic E-state index is 12.7. The Balaban J connectivity index is 3.98. The number of nitrogens with zero attached hydrogens (tertiary/aromatic N) is 1. The molecule has 0 radical (unpaired) electrons. The lowest BCUT2D eigenvalue weighted by atomic mass is 9.95. The van der Waals surface area contributed by atoms with E-state index in [1.165, 1.54) is 0 Å². The molecule has 0 unspecified atom stereocenters. The van der Waals surface area contributed by atoms with Crippen LogP contribution in [-0.4, -0.2) is 16.9 Å². The molecule has 0 amide bonds. The predicted molar refractivity (Wildman–Crippen MR) is 52.2 cm³/mol. The number of aromatic nitrogens is 1. The minimum atomic E-state index is -5.37. The van der Waals surface area contributed by atoms with E-state index >= 15 is 0 Å². The number of hydrogen-bond donors (Lipinski definition) is 0. The highest BCUT2D eigenvalue weighted by molar-refractivity contribution is 5.96. The number of aromatic carboxylic acids is 2. The number of carboxylic acid groups (broad SMARTS) is 2. The van der Waals surface area contributed by atoms with Crippen molar-refractivity contribution in [3.8, 4) is 0 Å². The molecule has 0 atom stereocenters.